The van der Waals surface area contributed by atoms with Crippen LogP contribution in [-0.4, -0.2) is 16.7 Å². The Hall–Kier alpha value is -0.800. The third-order valence-electron chi connectivity index (χ3n) is 2.05. The number of aryl methyl sites for hydroxylation is 2. The number of aliphatic hydroxyl groups excluding tert-OH is 1. The average molecular weight is 168 g/mol. The first-order chi connectivity index (χ1) is 5.47. The molecular weight excluding hydrogens is 152 g/mol. The lowest BCUT2D eigenvalue weighted by Crippen LogP contribution is -2.38. The van der Waals surface area contributed by atoms with Crippen LogP contribution in [0.2, 0.25) is 0 Å². The van der Waals surface area contributed by atoms with Gasteiger partial charge in [0.1, 0.15) is 0 Å². The van der Waals surface area contributed by atoms with Crippen LogP contribution >= 0.6 is 0 Å². The number of nitrogens with one attached hydrogen (secondary N) is 1. The summed E-state index contributed by atoms with van der Waals surface area (Å²) >= 11 is 0. The van der Waals surface area contributed by atoms with Crippen molar-refractivity contribution >= 4 is 0 Å². The zero-order valence-electron chi connectivity index (χ0n) is 7.81. The number of aliphatic hydroxyl groups is 1. The molecular formula is C9H16N2O. The van der Waals surface area contributed by atoms with Crippen molar-refractivity contribution in [2.24, 2.45) is 5.73 Å². The predicted molar refractivity (Wildman–Crippen MR) is 48.9 cm³/mol. The lowest BCUT2D eigenvalue weighted by atomic mass is 9.98. The second-order valence-electron chi connectivity index (χ2n) is 3.59. The Morgan fingerprint density at radius 3 is 2.50 bits per heavy atom. The number of nitrogens with two attached hydrogens (primary N) is 1. The quantitative estimate of drug-likeness (QED) is 0.611. The minimum absolute atomic E-state index is 0.0478. The molecule has 0 unspecified atom stereocenters. The molecule has 4 N–H and O–H groups in total. The van der Waals surface area contributed by atoms with Gasteiger partial charge in [-0.05, 0) is 32.4 Å². The molecule has 0 saturated heterocycles. The molecule has 68 valence electrons. The summed E-state index contributed by atoms with van der Waals surface area (Å²) in [5, 5.41) is 9.04. The van der Waals surface area contributed by atoms with Crippen LogP contribution in [-0.2, 0) is 5.54 Å². The summed E-state index contributed by atoms with van der Waals surface area (Å²) in [5.41, 5.74) is 8.31. The maximum atomic E-state index is 9.04. The fourth-order valence-electron chi connectivity index (χ4n) is 1.40. The highest BCUT2D eigenvalue weighted by Crippen LogP contribution is 2.20. The number of hydrogen-bond donors (Lipinski definition) is 3. The first-order valence-corrected chi connectivity index (χ1v) is 4.04. The summed E-state index contributed by atoms with van der Waals surface area (Å²) in [4.78, 5) is 3.15. The molecule has 0 radical (unpaired) electrons. The zero-order valence-corrected chi connectivity index (χ0v) is 7.81. The van der Waals surface area contributed by atoms with E-state index in [-0.39, 0.29) is 6.61 Å². The molecule has 0 aliphatic heterocycles. The lowest BCUT2D eigenvalue weighted by Gasteiger charge is -2.21. The van der Waals surface area contributed by atoms with Crippen molar-refractivity contribution < 1.29 is 5.11 Å². The molecule has 0 aromatic carbocycles. The monoisotopic (exact) mass is 168 g/mol. The van der Waals surface area contributed by atoms with Gasteiger partial charge < -0.3 is 15.8 Å². The Kier molecular flexibility index (Phi) is 2.26. The van der Waals surface area contributed by atoms with E-state index in [0.29, 0.717) is 0 Å². The van der Waals surface area contributed by atoms with Gasteiger partial charge in [0, 0.05) is 11.4 Å². The van der Waals surface area contributed by atoms with Gasteiger partial charge in [0.25, 0.3) is 0 Å². The molecule has 0 aliphatic carbocycles. The summed E-state index contributed by atoms with van der Waals surface area (Å²) in [6.07, 6.45) is 0. The maximum Gasteiger partial charge on any atom is 0.0769 e. The van der Waals surface area contributed by atoms with Crippen molar-refractivity contribution in [3.8, 4) is 0 Å². The molecule has 0 saturated carbocycles. The van der Waals surface area contributed by atoms with Crippen LogP contribution < -0.4 is 5.73 Å². The normalized spacial score (nSPS) is 16.1. The predicted octanol–water partition coefficient (Wildman–Crippen LogP) is 0.798. The molecule has 3 nitrogen and oxygen atoms in total. The van der Waals surface area contributed by atoms with E-state index in [4.69, 9.17) is 10.8 Å². The van der Waals surface area contributed by atoms with Crippen molar-refractivity contribution in [3.05, 3.63) is 23.0 Å². The van der Waals surface area contributed by atoms with E-state index >= 15 is 0 Å². The molecule has 0 amide bonds. The van der Waals surface area contributed by atoms with Crippen LogP contribution in [0.5, 0.6) is 0 Å². The smallest absolute Gasteiger partial charge is 0.0769 e. The van der Waals surface area contributed by atoms with Gasteiger partial charge in [0.05, 0.1) is 12.1 Å². The molecule has 1 aromatic heterocycles. The van der Waals surface area contributed by atoms with Crippen LogP contribution in [0.25, 0.3) is 0 Å². The summed E-state index contributed by atoms with van der Waals surface area (Å²) in [6, 6.07) is 2.02. The SMILES string of the molecule is Cc1cc(C)c([C@@](C)(N)CO)[nH]1. The van der Waals surface area contributed by atoms with E-state index < -0.39 is 5.54 Å². The summed E-state index contributed by atoms with van der Waals surface area (Å²) in [7, 11) is 0. The van der Waals surface area contributed by atoms with Crippen LogP contribution in [0.4, 0.5) is 0 Å². The topological polar surface area (TPSA) is 62.0 Å². The van der Waals surface area contributed by atoms with Gasteiger partial charge in [0.2, 0.25) is 0 Å². The second-order valence-corrected chi connectivity index (χ2v) is 3.59. The highest BCUT2D eigenvalue weighted by Gasteiger charge is 2.23. The van der Waals surface area contributed by atoms with Crippen molar-refractivity contribution in [2.45, 2.75) is 26.3 Å². The number of aromatic nitrogens is 1. The van der Waals surface area contributed by atoms with Gasteiger partial charge in [-0.2, -0.15) is 0 Å². The summed E-state index contributed by atoms with van der Waals surface area (Å²) in [6.45, 7) is 5.72. The van der Waals surface area contributed by atoms with E-state index in [1.165, 1.54) is 0 Å². The average Bonchev–Trinajstić information content (AvgIpc) is 2.31. The molecule has 1 aromatic rings. The van der Waals surface area contributed by atoms with E-state index in [2.05, 4.69) is 4.98 Å². The second kappa shape index (κ2) is 2.92. The summed E-state index contributed by atoms with van der Waals surface area (Å²) < 4.78 is 0. The fraction of sp³-hybridized carbons (Fsp3) is 0.556. The van der Waals surface area contributed by atoms with Gasteiger partial charge >= 0.3 is 0 Å². The molecule has 12 heavy (non-hydrogen) atoms. The van der Waals surface area contributed by atoms with Crippen molar-refractivity contribution in [3.63, 3.8) is 0 Å². The zero-order chi connectivity index (χ0) is 9.35. The van der Waals surface area contributed by atoms with Crippen LogP contribution in [0.3, 0.4) is 0 Å². The van der Waals surface area contributed by atoms with E-state index in [1.807, 2.05) is 26.8 Å². The van der Waals surface area contributed by atoms with Crippen LogP contribution in [0.15, 0.2) is 6.07 Å². The Balaban J connectivity index is 3.09. The largest absolute Gasteiger partial charge is 0.394 e. The van der Waals surface area contributed by atoms with E-state index in [9.17, 15) is 0 Å². The van der Waals surface area contributed by atoms with Crippen molar-refractivity contribution in [1.29, 1.82) is 0 Å². The fourth-order valence-corrected chi connectivity index (χ4v) is 1.40. The Bertz CT molecular complexity index is 276. The van der Waals surface area contributed by atoms with E-state index in [0.717, 1.165) is 17.0 Å². The number of hydrogen-bond acceptors (Lipinski definition) is 2. The minimum Gasteiger partial charge on any atom is -0.394 e. The number of rotatable bonds is 2. The Morgan fingerprint density at radius 1 is 1.58 bits per heavy atom. The molecule has 1 atom stereocenters. The first kappa shape index (κ1) is 9.29. The lowest BCUT2D eigenvalue weighted by molar-refractivity contribution is 0.206. The summed E-state index contributed by atoms with van der Waals surface area (Å²) in [5.74, 6) is 0. The minimum atomic E-state index is -0.654. The van der Waals surface area contributed by atoms with Crippen LogP contribution in [0.1, 0.15) is 23.9 Å². The Labute approximate surface area is 72.6 Å². The molecule has 0 bridgehead atoms. The standard InChI is InChI=1S/C9H16N2O/c1-6-4-7(2)11-8(6)9(3,10)5-12/h4,11-12H,5,10H2,1-3H3/t9-/m0/s1. The molecule has 3 heteroatoms. The highest BCUT2D eigenvalue weighted by atomic mass is 16.3. The third kappa shape index (κ3) is 1.52. The van der Waals surface area contributed by atoms with Gasteiger partial charge in [-0.25, -0.2) is 0 Å². The van der Waals surface area contributed by atoms with Gasteiger partial charge in [-0.3, -0.25) is 0 Å². The molecule has 1 heterocycles. The third-order valence-corrected chi connectivity index (χ3v) is 2.05. The van der Waals surface area contributed by atoms with E-state index in [1.54, 1.807) is 0 Å². The van der Waals surface area contributed by atoms with Crippen LogP contribution in [0, 0.1) is 13.8 Å². The number of H-pyrrole nitrogens is 1. The number of aromatic amines is 1. The van der Waals surface area contributed by atoms with Crippen molar-refractivity contribution in [1.82, 2.24) is 4.98 Å². The molecule has 0 spiro atoms. The van der Waals surface area contributed by atoms with Gasteiger partial charge in [-0.15, -0.1) is 0 Å². The molecule has 1 rings (SSSR count). The molecule has 0 aliphatic rings. The molecule has 0 fully saturated rings. The van der Waals surface area contributed by atoms with Gasteiger partial charge in [-0.1, -0.05) is 0 Å². The highest BCUT2D eigenvalue weighted by molar-refractivity contribution is 5.29. The maximum absolute atomic E-state index is 9.04. The van der Waals surface area contributed by atoms with Gasteiger partial charge in [0.15, 0.2) is 0 Å². The first-order valence-electron chi connectivity index (χ1n) is 4.04. The van der Waals surface area contributed by atoms with Crippen molar-refractivity contribution in [2.75, 3.05) is 6.61 Å². The Morgan fingerprint density at radius 2 is 2.17 bits per heavy atom.